The number of aryl methyl sites for hydroxylation is 2. The summed E-state index contributed by atoms with van der Waals surface area (Å²) in [6.07, 6.45) is 4.59. The zero-order valence-electron chi connectivity index (χ0n) is 15.0. The van der Waals surface area contributed by atoms with E-state index in [-0.39, 0.29) is 24.4 Å². The van der Waals surface area contributed by atoms with E-state index in [0.717, 1.165) is 38.2 Å². The highest BCUT2D eigenvalue weighted by molar-refractivity contribution is 5.98. The van der Waals surface area contributed by atoms with Crippen molar-refractivity contribution in [3.8, 4) is 0 Å². The molecule has 3 nitrogen and oxygen atoms in total. The molecule has 1 saturated heterocycles. The number of likely N-dealkylation sites (tertiary alicyclic amines) is 1. The molecule has 0 bridgehead atoms. The third-order valence-electron chi connectivity index (χ3n) is 4.76. The van der Waals surface area contributed by atoms with E-state index in [1.165, 1.54) is 24.0 Å². The molecule has 1 atom stereocenters. The molecular formula is C19H31ClN2O. The van der Waals surface area contributed by atoms with Crippen LogP contribution in [0.4, 0.5) is 5.69 Å². The van der Waals surface area contributed by atoms with Gasteiger partial charge in [0.15, 0.2) is 0 Å². The molecule has 1 aliphatic heterocycles. The Labute approximate surface area is 147 Å². The summed E-state index contributed by atoms with van der Waals surface area (Å²) in [5.41, 5.74) is 3.50. The van der Waals surface area contributed by atoms with E-state index in [1.54, 1.807) is 0 Å². The second-order valence-electron chi connectivity index (χ2n) is 6.50. The van der Waals surface area contributed by atoms with Crippen LogP contribution in [0.15, 0.2) is 18.2 Å². The van der Waals surface area contributed by atoms with Crippen LogP contribution in [0.1, 0.15) is 50.7 Å². The zero-order valence-corrected chi connectivity index (χ0v) is 15.8. The third-order valence-corrected chi connectivity index (χ3v) is 4.76. The van der Waals surface area contributed by atoms with Gasteiger partial charge in [0.1, 0.15) is 0 Å². The van der Waals surface area contributed by atoms with E-state index in [1.807, 2.05) is 4.90 Å². The van der Waals surface area contributed by atoms with E-state index < -0.39 is 0 Å². The molecule has 0 aliphatic carbocycles. The topological polar surface area (TPSA) is 23.6 Å². The largest absolute Gasteiger partial charge is 0.311 e. The van der Waals surface area contributed by atoms with Crippen molar-refractivity contribution in [2.75, 3.05) is 24.5 Å². The van der Waals surface area contributed by atoms with Gasteiger partial charge in [-0.25, -0.2) is 0 Å². The molecule has 0 spiro atoms. The summed E-state index contributed by atoms with van der Waals surface area (Å²) in [6.45, 7) is 11.4. The van der Waals surface area contributed by atoms with Crippen LogP contribution in [0.25, 0.3) is 0 Å². The monoisotopic (exact) mass is 338 g/mol. The lowest BCUT2D eigenvalue weighted by Crippen LogP contribution is -2.47. The lowest BCUT2D eigenvalue weighted by atomic mass is 10.1. The van der Waals surface area contributed by atoms with Crippen molar-refractivity contribution in [2.24, 2.45) is 0 Å². The normalized spacial score (nSPS) is 16.0. The summed E-state index contributed by atoms with van der Waals surface area (Å²) < 4.78 is 0. The van der Waals surface area contributed by atoms with Crippen molar-refractivity contribution in [1.82, 2.24) is 4.90 Å². The summed E-state index contributed by atoms with van der Waals surface area (Å²) in [5, 5.41) is 0. The highest BCUT2D eigenvalue weighted by Gasteiger charge is 2.29. The number of benzene rings is 1. The summed E-state index contributed by atoms with van der Waals surface area (Å²) in [4.78, 5) is 17.5. The van der Waals surface area contributed by atoms with Crippen LogP contribution in [0.2, 0.25) is 0 Å². The Hall–Kier alpha value is -1.06. The zero-order chi connectivity index (χ0) is 16.1. The number of hydrogen-bond donors (Lipinski definition) is 0. The second kappa shape index (κ2) is 9.29. The predicted molar refractivity (Wildman–Crippen MR) is 101 cm³/mol. The maximum absolute atomic E-state index is 13.1. The second-order valence-corrected chi connectivity index (χ2v) is 6.50. The van der Waals surface area contributed by atoms with Crippen molar-refractivity contribution in [2.45, 2.75) is 59.4 Å². The number of hydrogen-bond acceptors (Lipinski definition) is 2. The molecule has 2 rings (SSSR count). The van der Waals surface area contributed by atoms with E-state index >= 15 is 0 Å². The highest BCUT2D eigenvalue weighted by Crippen LogP contribution is 2.27. The Balaban J connectivity index is 0.00000264. The lowest BCUT2D eigenvalue weighted by Gasteiger charge is -2.32. The van der Waals surface area contributed by atoms with Crippen LogP contribution in [0.3, 0.4) is 0 Å². The fourth-order valence-corrected chi connectivity index (χ4v) is 3.39. The standard InChI is InChI=1S/C19H30N2O.ClH/c1-5-6-14-21(18-15(2)10-9-11-16(18)3)19(22)17(4)20-12-7-8-13-20;/h9-11,17H,5-8,12-14H2,1-4H3;1H. The van der Waals surface area contributed by atoms with Gasteiger partial charge in [0.25, 0.3) is 0 Å². The quantitative estimate of drug-likeness (QED) is 0.770. The molecule has 1 aromatic rings. The number of para-hydroxylation sites is 1. The Morgan fingerprint density at radius 3 is 2.30 bits per heavy atom. The predicted octanol–water partition coefficient (Wildman–Crippen LogP) is 4.34. The molecule has 0 radical (unpaired) electrons. The average Bonchev–Trinajstić information content (AvgIpc) is 3.03. The summed E-state index contributed by atoms with van der Waals surface area (Å²) in [6, 6.07) is 6.27. The van der Waals surface area contributed by atoms with Crippen molar-refractivity contribution in [3.05, 3.63) is 29.3 Å². The van der Waals surface area contributed by atoms with Crippen LogP contribution >= 0.6 is 12.4 Å². The van der Waals surface area contributed by atoms with E-state index in [0.29, 0.717) is 0 Å². The van der Waals surface area contributed by atoms with Crippen molar-refractivity contribution in [1.29, 1.82) is 0 Å². The van der Waals surface area contributed by atoms with Crippen molar-refractivity contribution >= 4 is 24.0 Å². The first-order valence-electron chi connectivity index (χ1n) is 8.68. The molecule has 0 N–H and O–H groups in total. The third kappa shape index (κ3) is 4.71. The van der Waals surface area contributed by atoms with Gasteiger partial charge in [-0.05, 0) is 64.3 Å². The first kappa shape index (κ1) is 20.0. The molecule has 1 unspecified atom stereocenters. The maximum atomic E-state index is 13.1. The van der Waals surface area contributed by atoms with Gasteiger partial charge in [-0.1, -0.05) is 31.5 Å². The Bertz CT molecular complexity index is 492. The molecule has 1 amide bonds. The maximum Gasteiger partial charge on any atom is 0.244 e. The molecule has 130 valence electrons. The lowest BCUT2D eigenvalue weighted by molar-refractivity contribution is -0.123. The van der Waals surface area contributed by atoms with Gasteiger partial charge in [0.2, 0.25) is 5.91 Å². The molecule has 4 heteroatoms. The van der Waals surface area contributed by atoms with Gasteiger partial charge in [0.05, 0.1) is 6.04 Å². The van der Waals surface area contributed by atoms with Gasteiger partial charge < -0.3 is 4.90 Å². The summed E-state index contributed by atoms with van der Waals surface area (Å²) >= 11 is 0. The minimum atomic E-state index is -0.0154. The molecule has 0 aromatic heterocycles. The van der Waals surface area contributed by atoms with Gasteiger partial charge in [-0.3, -0.25) is 9.69 Å². The van der Waals surface area contributed by atoms with Crippen LogP contribution < -0.4 is 4.90 Å². The number of rotatable bonds is 6. The smallest absolute Gasteiger partial charge is 0.244 e. The number of carbonyl (C=O) groups is 1. The van der Waals surface area contributed by atoms with Crippen molar-refractivity contribution in [3.63, 3.8) is 0 Å². The first-order valence-corrected chi connectivity index (χ1v) is 8.68. The number of unbranched alkanes of at least 4 members (excludes halogenated alkanes) is 1. The van der Waals surface area contributed by atoms with Crippen LogP contribution in [0, 0.1) is 13.8 Å². The summed E-state index contributed by atoms with van der Waals surface area (Å²) in [5.74, 6) is 0.257. The molecule has 1 fully saturated rings. The molecule has 1 heterocycles. The molecule has 1 aliphatic rings. The van der Waals surface area contributed by atoms with Gasteiger partial charge in [-0.2, -0.15) is 0 Å². The minimum absolute atomic E-state index is 0. The number of anilines is 1. The minimum Gasteiger partial charge on any atom is -0.311 e. The molecule has 0 saturated carbocycles. The van der Waals surface area contributed by atoms with Crippen LogP contribution in [-0.2, 0) is 4.79 Å². The SMILES string of the molecule is CCCCN(C(=O)C(C)N1CCCC1)c1c(C)cccc1C.Cl. The fraction of sp³-hybridized carbons (Fsp3) is 0.632. The first-order chi connectivity index (χ1) is 10.6. The summed E-state index contributed by atoms with van der Waals surface area (Å²) in [7, 11) is 0. The number of halogens is 1. The Morgan fingerprint density at radius 1 is 1.22 bits per heavy atom. The highest BCUT2D eigenvalue weighted by atomic mass is 35.5. The number of carbonyl (C=O) groups excluding carboxylic acids is 1. The Kier molecular flexibility index (Phi) is 8.07. The number of amides is 1. The van der Waals surface area contributed by atoms with E-state index in [4.69, 9.17) is 0 Å². The molecular weight excluding hydrogens is 308 g/mol. The fourth-order valence-electron chi connectivity index (χ4n) is 3.39. The number of nitrogens with zero attached hydrogens (tertiary/aromatic N) is 2. The molecule has 23 heavy (non-hydrogen) atoms. The van der Waals surface area contributed by atoms with Gasteiger partial charge in [0, 0.05) is 12.2 Å². The van der Waals surface area contributed by atoms with Crippen molar-refractivity contribution < 1.29 is 4.79 Å². The van der Waals surface area contributed by atoms with Crippen LogP contribution in [0.5, 0.6) is 0 Å². The van der Waals surface area contributed by atoms with Crippen LogP contribution in [-0.4, -0.2) is 36.5 Å². The Morgan fingerprint density at radius 2 is 1.78 bits per heavy atom. The van der Waals surface area contributed by atoms with E-state index in [2.05, 4.69) is 50.8 Å². The van der Waals surface area contributed by atoms with Gasteiger partial charge in [-0.15, -0.1) is 12.4 Å². The molecule has 1 aromatic carbocycles. The van der Waals surface area contributed by atoms with Gasteiger partial charge >= 0.3 is 0 Å². The average molecular weight is 339 g/mol. The van der Waals surface area contributed by atoms with E-state index in [9.17, 15) is 4.79 Å².